The van der Waals surface area contributed by atoms with Crippen LogP contribution in [0.3, 0.4) is 0 Å². The Kier molecular flexibility index (Phi) is 2.57. The third-order valence-corrected chi connectivity index (χ3v) is 3.84. The molecule has 1 aromatic heterocycles. The summed E-state index contributed by atoms with van der Waals surface area (Å²) >= 11 is 1.79. The molecule has 3 rings (SSSR count). The van der Waals surface area contributed by atoms with E-state index in [-0.39, 0.29) is 0 Å². The van der Waals surface area contributed by atoms with Gasteiger partial charge in [-0.05, 0) is 40.1 Å². The molecule has 2 aromatic carbocycles. The Labute approximate surface area is 104 Å². The van der Waals surface area contributed by atoms with E-state index in [1.54, 1.807) is 18.4 Å². The van der Waals surface area contributed by atoms with Gasteiger partial charge in [-0.25, -0.2) is 0 Å². The van der Waals surface area contributed by atoms with Crippen LogP contribution in [0, 0.1) is 0 Å². The Morgan fingerprint density at radius 1 is 0.941 bits per heavy atom. The number of fused-ring (bicyclic) bond motifs is 1. The second-order valence-corrected chi connectivity index (χ2v) is 4.79. The highest BCUT2D eigenvalue weighted by molar-refractivity contribution is 7.17. The van der Waals surface area contributed by atoms with E-state index in [1.807, 2.05) is 12.1 Å². The van der Waals surface area contributed by atoms with Crippen molar-refractivity contribution in [3.63, 3.8) is 0 Å². The van der Waals surface area contributed by atoms with Gasteiger partial charge in [0.1, 0.15) is 5.75 Å². The molecule has 2 heteroatoms. The molecule has 0 N–H and O–H groups in total. The van der Waals surface area contributed by atoms with Crippen LogP contribution in [0.2, 0.25) is 0 Å². The largest absolute Gasteiger partial charge is 0.497 e. The lowest BCUT2D eigenvalue weighted by Crippen LogP contribution is -1.82. The monoisotopic (exact) mass is 240 g/mol. The zero-order valence-electron chi connectivity index (χ0n) is 9.51. The zero-order valence-corrected chi connectivity index (χ0v) is 10.3. The van der Waals surface area contributed by atoms with Crippen LogP contribution in [0.4, 0.5) is 0 Å². The summed E-state index contributed by atoms with van der Waals surface area (Å²) in [5.41, 5.74) is 2.53. The highest BCUT2D eigenvalue weighted by Gasteiger charge is 2.04. The maximum atomic E-state index is 5.18. The molecule has 1 heterocycles. The molecule has 0 aliphatic heterocycles. The quantitative estimate of drug-likeness (QED) is 0.637. The van der Waals surface area contributed by atoms with Crippen molar-refractivity contribution in [2.75, 3.05) is 7.11 Å². The van der Waals surface area contributed by atoms with Crippen molar-refractivity contribution in [1.82, 2.24) is 0 Å². The summed E-state index contributed by atoms with van der Waals surface area (Å²) in [5, 5.41) is 3.45. The van der Waals surface area contributed by atoms with Gasteiger partial charge in [-0.1, -0.05) is 30.3 Å². The zero-order chi connectivity index (χ0) is 11.7. The first-order chi connectivity index (χ1) is 8.38. The molecule has 0 unspecified atom stereocenters. The first kappa shape index (κ1) is 10.4. The molecule has 0 amide bonds. The number of benzene rings is 2. The number of rotatable bonds is 2. The second kappa shape index (κ2) is 4.22. The summed E-state index contributed by atoms with van der Waals surface area (Å²) in [6.07, 6.45) is 0. The average molecular weight is 240 g/mol. The van der Waals surface area contributed by atoms with Gasteiger partial charge >= 0.3 is 0 Å². The maximum Gasteiger partial charge on any atom is 0.118 e. The molecule has 0 fully saturated rings. The highest BCUT2D eigenvalue weighted by Crippen LogP contribution is 2.33. The molecule has 0 saturated carbocycles. The predicted molar refractivity (Wildman–Crippen MR) is 73.8 cm³/mol. The van der Waals surface area contributed by atoms with Crippen molar-refractivity contribution in [2.24, 2.45) is 0 Å². The summed E-state index contributed by atoms with van der Waals surface area (Å²) in [6.45, 7) is 0. The molecule has 0 bridgehead atoms. The summed E-state index contributed by atoms with van der Waals surface area (Å²) in [4.78, 5) is 0. The van der Waals surface area contributed by atoms with Crippen LogP contribution in [0.25, 0.3) is 21.2 Å². The number of hydrogen-bond donors (Lipinski definition) is 0. The van der Waals surface area contributed by atoms with E-state index in [1.165, 1.54) is 21.2 Å². The summed E-state index contributed by atoms with van der Waals surface area (Å²) < 4.78 is 6.53. The van der Waals surface area contributed by atoms with E-state index in [0.717, 1.165) is 5.75 Å². The van der Waals surface area contributed by atoms with Gasteiger partial charge in [-0.15, -0.1) is 11.3 Å². The van der Waals surface area contributed by atoms with Crippen LogP contribution in [0.5, 0.6) is 5.75 Å². The van der Waals surface area contributed by atoms with Gasteiger partial charge in [0.2, 0.25) is 0 Å². The first-order valence-electron chi connectivity index (χ1n) is 5.49. The number of methoxy groups -OCH3 is 1. The molecule has 0 aliphatic carbocycles. The number of ether oxygens (including phenoxy) is 1. The predicted octanol–water partition coefficient (Wildman–Crippen LogP) is 4.58. The van der Waals surface area contributed by atoms with E-state index in [9.17, 15) is 0 Å². The van der Waals surface area contributed by atoms with Crippen LogP contribution in [0.1, 0.15) is 0 Å². The summed E-state index contributed by atoms with van der Waals surface area (Å²) in [5.74, 6) is 0.895. The standard InChI is InChI=1S/C15H12OS/c1-16-13-7-5-11(6-8-13)14-4-2-3-12-9-10-17-15(12)14/h2-10H,1H3. The second-order valence-electron chi connectivity index (χ2n) is 3.87. The van der Waals surface area contributed by atoms with Crippen LogP contribution < -0.4 is 4.74 Å². The molecule has 3 aromatic rings. The van der Waals surface area contributed by atoms with E-state index in [2.05, 4.69) is 41.8 Å². The Hall–Kier alpha value is -1.80. The van der Waals surface area contributed by atoms with Gasteiger partial charge < -0.3 is 4.74 Å². The molecule has 0 radical (unpaired) electrons. The van der Waals surface area contributed by atoms with Gasteiger partial charge in [0.15, 0.2) is 0 Å². The first-order valence-corrected chi connectivity index (χ1v) is 6.37. The van der Waals surface area contributed by atoms with Crippen LogP contribution in [-0.2, 0) is 0 Å². The van der Waals surface area contributed by atoms with Crippen molar-refractivity contribution in [3.8, 4) is 16.9 Å². The summed E-state index contributed by atoms with van der Waals surface area (Å²) in [7, 11) is 1.69. The number of hydrogen-bond acceptors (Lipinski definition) is 2. The molecule has 0 aliphatic rings. The lowest BCUT2D eigenvalue weighted by atomic mass is 10.0. The fourth-order valence-corrected chi connectivity index (χ4v) is 2.93. The topological polar surface area (TPSA) is 9.23 Å². The van der Waals surface area contributed by atoms with Crippen molar-refractivity contribution in [3.05, 3.63) is 53.9 Å². The van der Waals surface area contributed by atoms with Gasteiger partial charge in [0.05, 0.1) is 7.11 Å². The molecule has 0 saturated heterocycles. The third-order valence-electron chi connectivity index (χ3n) is 2.88. The summed E-state index contributed by atoms with van der Waals surface area (Å²) in [6, 6.07) is 16.8. The minimum Gasteiger partial charge on any atom is -0.497 e. The molecule has 0 spiro atoms. The van der Waals surface area contributed by atoms with Gasteiger partial charge in [-0.2, -0.15) is 0 Å². The van der Waals surface area contributed by atoms with E-state index >= 15 is 0 Å². The van der Waals surface area contributed by atoms with Crippen molar-refractivity contribution < 1.29 is 4.74 Å². The van der Waals surface area contributed by atoms with Crippen molar-refractivity contribution in [1.29, 1.82) is 0 Å². The van der Waals surface area contributed by atoms with Crippen molar-refractivity contribution >= 4 is 21.4 Å². The normalized spacial score (nSPS) is 10.6. The van der Waals surface area contributed by atoms with Crippen molar-refractivity contribution in [2.45, 2.75) is 0 Å². The lowest BCUT2D eigenvalue weighted by molar-refractivity contribution is 0.415. The molecule has 1 nitrogen and oxygen atoms in total. The fraction of sp³-hybridized carbons (Fsp3) is 0.0667. The van der Waals surface area contributed by atoms with Crippen LogP contribution in [-0.4, -0.2) is 7.11 Å². The highest BCUT2D eigenvalue weighted by atomic mass is 32.1. The average Bonchev–Trinajstić information content (AvgIpc) is 2.87. The molecule has 0 atom stereocenters. The minimum absolute atomic E-state index is 0.895. The molecular formula is C15H12OS. The smallest absolute Gasteiger partial charge is 0.118 e. The third kappa shape index (κ3) is 1.81. The molecular weight excluding hydrogens is 228 g/mol. The maximum absolute atomic E-state index is 5.18. The van der Waals surface area contributed by atoms with E-state index in [4.69, 9.17) is 4.74 Å². The molecule has 84 valence electrons. The molecule has 17 heavy (non-hydrogen) atoms. The van der Waals surface area contributed by atoms with Gasteiger partial charge in [0.25, 0.3) is 0 Å². The van der Waals surface area contributed by atoms with E-state index < -0.39 is 0 Å². The Balaban J connectivity index is 2.16. The lowest BCUT2D eigenvalue weighted by Gasteiger charge is -2.05. The fourth-order valence-electron chi connectivity index (χ4n) is 1.99. The van der Waals surface area contributed by atoms with Crippen LogP contribution in [0.15, 0.2) is 53.9 Å². The van der Waals surface area contributed by atoms with E-state index in [0.29, 0.717) is 0 Å². The Morgan fingerprint density at radius 3 is 2.53 bits per heavy atom. The SMILES string of the molecule is COc1ccc(-c2cccc3ccsc23)cc1. The van der Waals surface area contributed by atoms with Gasteiger partial charge in [0, 0.05) is 4.70 Å². The van der Waals surface area contributed by atoms with Gasteiger partial charge in [-0.3, -0.25) is 0 Å². The Bertz CT molecular complexity index is 637. The number of thiophene rings is 1. The Morgan fingerprint density at radius 2 is 1.76 bits per heavy atom. The van der Waals surface area contributed by atoms with Crippen LogP contribution >= 0.6 is 11.3 Å². The minimum atomic E-state index is 0.895.